The third-order valence-corrected chi connectivity index (χ3v) is 5.04. The number of ketones is 2. The SMILES string of the molecule is Cc1nnc(C(=O)CC(C)(C)c2nc(C(=O)CCc3ccc(F)cc3)c([O-])c(=O)n2C)o1.[K+]. The van der Waals surface area contributed by atoms with Crippen molar-refractivity contribution in [3.63, 3.8) is 0 Å². The summed E-state index contributed by atoms with van der Waals surface area (Å²) < 4.78 is 19.3. The first-order valence-corrected chi connectivity index (χ1v) is 9.89. The molecule has 0 aliphatic carbocycles. The molecule has 0 fully saturated rings. The van der Waals surface area contributed by atoms with Gasteiger partial charge in [-0.3, -0.25) is 19.0 Å². The Morgan fingerprint density at radius 2 is 1.79 bits per heavy atom. The number of hydrogen-bond donors (Lipinski definition) is 0. The number of hydrogen-bond acceptors (Lipinski definition) is 8. The number of aryl methyl sites for hydroxylation is 2. The molecule has 1 aromatic carbocycles. The second-order valence-electron chi connectivity index (χ2n) is 8.14. The van der Waals surface area contributed by atoms with Gasteiger partial charge in [-0.1, -0.05) is 26.0 Å². The van der Waals surface area contributed by atoms with Gasteiger partial charge in [0.25, 0.3) is 5.89 Å². The number of benzene rings is 1. The van der Waals surface area contributed by atoms with E-state index < -0.39 is 39.8 Å². The topological polar surface area (TPSA) is 131 Å². The maximum Gasteiger partial charge on any atom is 1.00 e. The number of carbonyl (C=O) groups excluding carboxylic acids is 2. The normalized spacial score (nSPS) is 11.2. The van der Waals surface area contributed by atoms with Crippen LogP contribution in [0, 0.1) is 12.7 Å². The average Bonchev–Trinajstić information content (AvgIpc) is 3.17. The van der Waals surface area contributed by atoms with E-state index in [4.69, 9.17) is 4.42 Å². The molecule has 11 heteroatoms. The van der Waals surface area contributed by atoms with Gasteiger partial charge in [-0.25, -0.2) is 9.37 Å². The molecule has 33 heavy (non-hydrogen) atoms. The average molecular weight is 481 g/mol. The molecule has 0 bridgehead atoms. The van der Waals surface area contributed by atoms with Crippen LogP contribution >= 0.6 is 0 Å². The Kier molecular flexibility index (Phi) is 8.99. The third-order valence-electron chi connectivity index (χ3n) is 5.04. The summed E-state index contributed by atoms with van der Waals surface area (Å²) in [6.07, 6.45) is 0.0284. The molecule has 2 heterocycles. The molecule has 0 unspecified atom stereocenters. The molecule has 0 N–H and O–H groups in total. The Morgan fingerprint density at radius 1 is 1.15 bits per heavy atom. The Hall–Kier alpha value is -2.05. The molecular weight excluding hydrogens is 458 g/mol. The van der Waals surface area contributed by atoms with E-state index >= 15 is 0 Å². The molecule has 3 rings (SSSR count). The largest absolute Gasteiger partial charge is 1.00 e. The van der Waals surface area contributed by atoms with Crippen LogP contribution in [0.3, 0.4) is 0 Å². The second kappa shape index (κ2) is 10.9. The molecule has 9 nitrogen and oxygen atoms in total. The summed E-state index contributed by atoms with van der Waals surface area (Å²) in [6.45, 7) is 4.87. The molecular formula is C22H22FKN4O5. The van der Waals surface area contributed by atoms with Gasteiger partial charge < -0.3 is 9.52 Å². The maximum atomic E-state index is 13.0. The predicted octanol–water partition coefficient (Wildman–Crippen LogP) is -0.945. The van der Waals surface area contributed by atoms with Gasteiger partial charge in [0.1, 0.15) is 17.3 Å². The van der Waals surface area contributed by atoms with Gasteiger partial charge in [-0.05, 0) is 29.9 Å². The summed E-state index contributed by atoms with van der Waals surface area (Å²) in [5.41, 5.74) is -1.70. The summed E-state index contributed by atoms with van der Waals surface area (Å²) in [7, 11) is 1.36. The predicted molar refractivity (Wildman–Crippen MR) is 109 cm³/mol. The van der Waals surface area contributed by atoms with Crippen LogP contribution in [0.4, 0.5) is 4.39 Å². The van der Waals surface area contributed by atoms with E-state index in [0.29, 0.717) is 5.56 Å². The van der Waals surface area contributed by atoms with Gasteiger partial charge >= 0.3 is 51.4 Å². The van der Waals surface area contributed by atoms with E-state index in [1.54, 1.807) is 20.8 Å². The van der Waals surface area contributed by atoms with Gasteiger partial charge in [0.15, 0.2) is 5.78 Å². The summed E-state index contributed by atoms with van der Waals surface area (Å²) in [6, 6.07) is 5.63. The van der Waals surface area contributed by atoms with Crippen LogP contribution in [0.25, 0.3) is 0 Å². The Balaban J connectivity index is 0.00000385. The fourth-order valence-corrected chi connectivity index (χ4v) is 3.37. The maximum absolute atomic E-state index is 13.0. The van der Waals surface area contributed by atoms with Crippen molar-refractivity contribution in [2.75, 3.05) is 0 Å². The van der Waals surface area contributed by atoms with Crippen LogP contribution in [0.15, 0.2) is 33.5 Å². The van der Waals surface area contributed by atoms with Gasteiger partial charge in [-0.15, -0.1) is 10.2 Å². The van der Waals surface area contributed by atoms with Crippen LogP contribution in [0.2, 0.25) is 0 Å². The van der Waals surface area contributed by atoms with Crippen LogP contribution in [-0.2, 0) is 18.9 Å². The molecule has 0 spiro atoms. The molecule has 0 saturated carbocycles. The number of rotatable bonds is 8. The smallest absolute Gasteiger partial charge is 0.867 e. The third kappa shape index (κ3) is 6.30. The van der Waals surface area contributed by atoms with Crippen molar-refractivity contribution in [2.45, 2.75) is 45.4 Å². The molecule has 0 saturated heterocycles. The monoisotopic (exact) mass is 480 g/mol. The first-order chi connectivity index (χ1) is 15.0. The Bertz CT molecular complexity index is 1230. The zero-order chi connectivity index (χ0) is 23.6. The summed E-state index contributed by atoms with van der Waals surface area (Å²) in [4.78, 5) is 42.0. The van der Waals surface area contributed by atoms with Gasteiger partial charge in [0, 0.05) is 32.2 Å². The molecule has 0 atom stereocenters. The van der Waals surface area contributed by atoms with Gasteiger partial charge in [0.2, 0.25) is 17.2 Å². The Morgan fingerprint density at radius 3 is 2.36 bits per heavy atom. The molecule has 0 amide bonds. The minimum atomic E-state index is -1.02. The van der Waals surface area contributed by atoms with E-state index in [9.17, 15) is 23.9 Å². The standard InChI is InChI=1S/C22H23FN4O5.K/c1-12-25-26-19(32-12)16(29)11-22(2,3)21-24-17(18(30)20(31)27(21)4)15(28)10-7-13-5-8-14(23)9-6-13;/h5-6,8-9,30H,7,10-11H2,1-4H3;/q;+1/p-1. The summed E-state index contributed by atoms with van der Waals surface area (Å²) in [5.74, 6) is -2.29. The molecule has 3 aromatic rings. The number of halogens is 1. The first kappa shape index (κ1) is 27.2. The number of Topliss-reactive ketones (excluding diaryl/α,β-unsaturated/α-hetero) is 2. The van der Waals surface area contributed by atoms with Crippen LogP contribution < -0.4 is 62.1 Å². The van der Waals surface area contributed by atoms with E-state index in [2.05, 4.69) is 15.2 Å². The van der Waals surface area contributed by atoms with Crippen molar-refractivity contribution in [1.29, 1.82) is 0 Å². The van der Waals surface area contributed by atoms with Crippen molar-refractivity contribution in [3.8, 4) is 5.75 Å². The molecule has 168 valence electrons. The van der Waals surface area contributed by atoms with E-state index in [-0.39, 0.29) is 88.3 Å². The fraction of sp³-hybridized carbons (Fsp3) is 0.364. The van der Waals surface area contributed by atoms with E-state index in [0.717, 1.165) is 4.57 Å². The molecule has 0 aliphatic heterocycles. The zero-order valence-electron chi connectivity index (χ0n) is 19.1. The molecule has 0 aliphatic rings. The van der Waals surface area contributed by atoms with Crippen LogP contribution in [-0.4, -0.2) is 31.3 Å². The Labute approximate surface area is 231 Å². The van der Waals surface area contributed by atoms with Gasteiger partial charge in [0.05, 0.1) is 0 Å². The molecule has 0 radical (unpaired) electrons. The summed E-state index contributed by atoms with van der Waals surface area (Å²) in [5, 5.41) is 19.8. The summed E-state index contributed by atoms with van der Waals surface area (Å²) >= 11 is 0. The van der Waals surface area contributed by atoms with E-state index in [1.807, 2.05) is 0 Å². The number of carbonyl (C=O) groups is 2. The quantitative estimate of drug-likeness (QED) is 0.298. The fourth-order valence-electron chi connectivity index (χ4n) is 3.37. The molecule has 2 aromatic heterocycles. The first-order valence-electron chi connectivity index (χ1n) is 9.89. The second-order valence-corrected chi connectivity index (χ2v) is 8.14. The zero-order valence-corrected chi connectivity index (χ0v) is 22.3. The van der Waals surface area contributed by atoms with Crippen molar-refractivity contribution >= 4 is 11.6 Å². The van der Waals surface area contributed by atoms with Crippen molar-refractivity contribution in [2.24, 2.45) is 7.05 Å². The number of nitrogens with zero attached hydrogens (tertiary/aromatic N) is 4. The van der Waals surface area contributed by atoms with Crippen LogP contribution in [0.1, 0.15) is 65.1 Å². The number of aromatic nitrogens is 4. The van der Waals surface area contributed by atoms with Crippen LogP contribution in [0.5, 0.6) is 5.75 Å². The van der Waals surface area contributed by atoms with Crippen molar-refractivity contribution in [3.05, 3.63) is 69.3 Å². The minimum absolute atomic E-state index is 0. The minimum Gasteiger partial charge on any atom is -0.867 e. The van der Waals surface area contributed by atoms with Crippen molar-refractivity contribution < 1.29 is 74.9 Å². The van der Waals surface area contributed by atoms with E-state index in [1.165, 1.54) is 31.3 Å². The van der Waals surface area contributed by atoms with Gasteiger partial charge in [-0.2, -0.15) is 0 Å². The van der Waals surface area contributed by atoms with Crippen molar-refractivity contribution in [1.82, 2.24) is 19.7 Å².